The zero-order chi connectivity index (χ0) is 26.9. The second-order valence-corrected chi connectivity index (χ2v) is 9.85. The van der Waals surface area contributed by atoms with Gasteiger partial charge in [-0.15, -0.1) is 0 Å². The molecule has 5 heterocycles. The molecule has 3 aromatic rings. The van der Waals surface area contributed by atoms with Gasteiger partial charge in [-0.25, -0.2) is 15.0 Å². The lowest BCUT2D eigenvalue weighted by atomic mass is 9.93. The molecule has 0 bridgehead atoms. The van der Waals surface area contributed by atoms with Crippen molar-refractivity contribution in [2.45, 2.75) is 31.9 Å². The van der Waals surface area contributed by atoms with Crippen LogP contribution in [0.1, 0.15) is 37.1 Å². The Labute approximate surface area is 217 Å². The van der Waals surface area contributed by atoms with Gasteiger partial charge in [0.25, 0.3) is 0 Å². The van der Waals surface area contributed by atoms with Crippen LogP contribution in [0.3, 0.4) is 0 Å². The predicted molar refractivity (Wildman–Crippen MR) is 132 cm³/mol. The number of amides is 1. The number of carbonyl (C=O) groups is 1. The number of fused-ring (bicyclic) bond motifs is 1. The molecule has 200 valence electrons. The quantitative estimate of drug-likeness (QED) is 0.541. The number of ether oxygens (including phenoxy) is 1. The summed E-state index contributed by atoms with van der Waals surface area (Å²) in [5.41, 5.74) is -0.257. The Balaban J connectivity index is 1.30. The van der Waals surface area contributed by atoms with Crippen molar-refractivity contribution in [2.24, 2.45) is 18.9 Å². The fraction of sp³-hybridized carbons (Fsp3) is 0.500. The van der Waals surface area contributed by atoms with Gasteiger partial charge in [0.05, 0.1) is 12.3 Å². The minimum Gasteiger partial charge on any atom is -0.477 e. The molecule has 9 nitrogen and oxygen atoms in total. The number of aromatic nitrogens is 4. The Hall–Kier alpha value is -3.72. The van der Waals surface area contributed by atoms with Crippen molar-refractivity contribution < 1.29 is 22.7 Å². The number of carbonyl (C=O) groups excluding carboxylic acids is 1. The number of piperidine rings is 2. The van der Waals surface area contributed by atoms with Gasteiger partial charge in [0, 0.05) is 49.4 Å². The summed E-state index contributed by atoms with van der Waals surface area (Å²) in [5.74, 6) is -0.378. The third-order valence-corrected chi connectivity index (χ3v) is 7.32. The first-order chi connectivity index (χ1) is 18.2. The van der Waals surface area contributed by atoms with Crippen LogP contribution < -0.4 is 10.1 Å². The monoisotopic (exact) mass is 527 g/mol. The van der Waals surface area contributed by atoms with Crippen molar-refractivity contribution in [1.29, 1.82) is 5.26 Å². The van der Waals surface area contributed by atoms with Crippen LogP contribution in [0.15, 0.2) is 24.5 Å². The van der Waals surface area contributed by atoms with Crippen molar-refractivity contribution >= 4 is 16.9 Å². The average Bonchev–Trinajstić information content (AvgIpc) is 3.31. The van der Waals surface area contributed by atoms with Gasteiger partial charge in [0.1, 0.15) is 17.3 Å². The van der Waals surface area contributed by atoms with Crippen molar-refractivity contribution in [3.8, 4) is 23.2 Å². The van der Waals surface area contributed by atoms with E-state index >= 15 is 0 Å². The van der Waals surface area contributed by atoms with Gasteiger partial charge in [-0.2, -0.15) is 18.4 Å². The van der Waals surface area contributed by atoms with E-state index in [1.54, 1.807) is 23.9 Å². The molecule has 1 N–H and O–H groups in total. The molecule has 0 spiro atoms. The highest BCUT2D eigenvalue weighted by Gasteiger charge is 2.37. The maximum atomic E-state index is 14.0. The lowest BCUT2D eigenvalue weighted by Crippen LogP contribution is -2.45. The van der Waals surface area contributed by atoms with E-state index in [-0.39, 0.29) is 41.4 Å². The summed E-state index contributed by atoms with van der Waals surface area (Å²) in [6, 6.07) is 4.50. The molecule has 1 amide bonds. The van der Waals surface area contributed by atoms with Crippen LogP contribution in [0.25, 0.3) is 22.3 Å². The normalized spacial score (nSPS) is 17.5. The van der Waals surface area contributed by atoms with Gasteiger partial charge in [0.2, 0.25) is 17.6 Å². The summed E-state index contributed by atoms with van der Waals surface area (Å²) in [4.78, 5) is 27.0. The maximum absolute atomic E-state index is 14.0. The van der Waals surface area contributed by atoms with E-state index in [1.807, 2.05) is 11.0 Å². The standard InChI is InChI=1S/C26H28F3N7O2/c1-35-9-6-19-22(33-21(13-30)34-23(19)35)18-12-20(26(27,28)29)24(32-14-18)38-15-16-4-10-36(11-5-16)25(37)17-2-7-31-8-3-17/h6,9,12,14,16-17,31H,2-5,7-8,10-11,15H2,1H3. The molecule has 0 aromatic carbocycles. The fourth-order valence-electron chi connectivity index (χ4n) is 5.15. The number of rotatable bonds is 5. The number of halogens is 3. The van der Waals surface area contributed by atoms with Crippen LogP contribution in [-0.2, 0) is 18.0 Å². The number of nitriles is 1. The second kappa shape index (κ2) is 10.6. The van der Waals surface area contributed by atoms with Gasteiger partial charge >= 0.3 is 6.18 Å². The molecule has 38 heavy (non-hydrogen) atoms. The Bertz CT molecular complexity index is 1370. The van der Waals surface area contributed by atoms with Gasteiger partial charge in [-0.3, -0.25) is 4.79 Å². The van der Waals surface area contributed by atoms with E-state index in [2.05, 4.69) is 20.3 Å². The molecule has 3 aromatic heterocycles. The lowest BCUT2D eigenvalue weighted by Gasteiger charge is -2.35. The second-order valence-electron chi connectivity index (χ2n) is 9.85. The summed E-state index contributed by atoms with van der Waals surface area (Å²) < 4.78 is 49.4. The number of pyridine rings is 1. The molecule has 0 saturated carbocycles. The highest BCUT2D eigenvalue weighted by molar-refractivity contribution is 5.91. The highest BCUT2D eigenvalue weighted by Crippen LogP contribution is 2.38. The Morgan fingerprint density at radius 1 is 1.21 bits per heavy atom. The number of likely N-dealkylation sites (tertiary alicyclic amines) is 1. The topological polar surface area (TPSA) is 109 Å². The van der Waals surface area contributed by atoms with Gasteiger partial charge in [-0.05, 0) is 56.8 Å². The van der Waals surface area contributed by atoms with Crippen LogP contribution in [0.2, 0.25) is 0 Å². The number of hydrogen-bond donors (Lipinski definition) is 1. The first-order valence-electron chi connectivity index (χ1n) is 12.7. The minimum atomic E-state index is -4.70. The first-order valence-corrected chi connectivity index (χ1v) is 12.7. The third kappa shape index (κ3) is 5.29. The summed E-state index contributed by atoms with van der Waals surface area (Å²) in [6.45, 7) is 2.94. The molecular formula is C26H28F3N7O2. The molecule has 2 aliphatic heterocycles. The van der Waals surface area contributed by atoms with E-state index in [4.69, 9.17) is 4.74 Å². The van der Waals surface area contributed by atoms with E-state index in [0.29, 0.717) is 37.0 Å². The minimum absolute atomic E-state index is 0.0265. The largest absolute Gasteiger partial charge is 0.477 e. The SMILES string of the molecule is Cn1ccc2c(-c3cnc(OCC4CCN(C(=O)C5CCNCC5)CC4)c(C(F)(F)F)c3)nc(C#N)nc21. The molecule has 2 aliphatic rings. The summed E-state index contributed by atoms with van der Waals surface area (Å²) in [7, 11) is 1.73. The van der Waals surface area contributed by atoms with Crippen LogP contribution in [0.4, 0.5) is 13.2 Å². The summed E-state index contributed by atoms with van der Waals surface area (Å²) in [6.07, 6.45) is 1.29. The number of aryl methyl sites for hydroxylation is 1. The van der Waals surface area contributed by atoms with Crippen molar-refractivity contribution in [3.05, 3.63) is 35.9 Å². The fourth-order valence-corrected chi connectivity index (χ4v) is 5.15. The molecule has 5 rings (SSSR count). The number of hydrogen-bond acceptors (Lipinski definition) is 7. The van der Waals surface area contributed by atoms with E-state index in [1.165, 1.54) is 6.20 Å². The average molecular weight is 528 g/mol. The van der Waals surface area contributed by atoms with Crippen LogP contribution >= 0.6 is 0 Å². The van der Waals surface area contributed by atoms with Crippen LogP contribution in [-0.4, -0.2) is 63.1 Å². The van der Waals surface area contributed by atoms with E-state index < -0.39 is 17.6 Å². The third-order valence-electron chi connectivity index (χ3n) is 7.32. The first kappa shape index (κ1) is 25.9. The zero-order valence-electron chi connectivity index (χ0n) is 21.0. The molecular weight excluding hydrogens is 499 g/mol. The Kier molecular flexibility index (Phi) is 7.21. The van der Waals surface area contributed by atoms with Crippen molar-refractivity contribution in [2.75, 3.05) is 32.8 Å². The van der Waals surface area contributed by atoms with Crippen LogP contribution in [0, 0.1) is 23.2 Å². The maximum Gasteiger partial charge on any atom is 0.421 e. The Morgan fingerprint density at radius 3 is 2.63 bits per heavy atom. The lowest BCUT2D eigenvalue weighted by molar-refractivity contribution is -0.140. The molecule has 12 heteroatoms. The molecule has 0 unspecified atom stereocenters. The number of nitrogens with one attached hydrogen (secondary N) is 1. The number of nitrogens with zero attached hydrogens (tertiary/aromatic N) is 6. The van der Waals surface area contributed by atoms with Crippen LogP contribution in [0.5, 0.6) is 5.88 Å². The van der Waals surface area contributed by atoms with Crippen molar-refractivity contribution in [3.63, 3.8) is 0 Å². The van der Waals surface area contributed by atoms with Gasteiger partial charge in [0.15, 0.2) is 0 Å². The number of alkyl halides is 3. The molecule has 0 radical (unpaired) electrons. The van der Waals surface area contributed by atoms with Crippen molar-refractivity contribution in [1.82, 2.24) is 29.7 Å². The zero-order valence-corrected chi connectivity index (χ0v) is 21.0. The van der Waals surface area contributed by atoms with Gasteiger partial charge in [-0.1, -0.05) is 0 Å². The Morgan fingerprint density at radius 2 is 1.95 bits per heavy atom. The van der Waals surface area contributed by atoms with E-state index in [0.717, 1.165) is 32.0 Å². The molecule has 2 fully saturated rings. The molecule has 0 atom stereocenters. The van der Waals surface area contributed by atoms with E-state index in [9.17, 15) is 23.2 Å². The molecule has 2 saturated heterocycles. The highest BCUT2D eigenvalue weighted by atomic mass is 19.4. The summed E-state index contributed by atoms with van der Waals surface area (Å²) >= 11 is 0. The predicted octanol–water partition coefficient (Wildman–Crippen LogP) is 3.54. The molecule has 0 aliphatic carbocycles. The summed E-state index contributed by atoms with van der Waals surface area (Å²) in [5, 5.41) is 13.1. The van der Waals surface area contributed by atoms with Gasteiger partial charge < -0.3 is 19.5 Å². The smallest absolute Gasteiger partial charge is 0.421 e.